The van der Waals surface area contributed by atoms with E-state index < -0.39 is 15.8 Å². The van der Waals surface area contributed by atoms with Crippen LogP contribution in [0, 0.1) is 5.82 Å². The predicted molar refractivity (Wildman–Crippen MR) is 116 cm³/mol. The molecule has 0 bridgehead atoms. The van der Waals surface area contributed by atoms with Crippen LogP contribution in [0.25, 0.3) is 0 Å². The lowest BCUT2D eigenvalue weighted by Crippen LogP contribution is -2.23. The quantitative estimate of drug-likeness (QED) is 0.532. The standard InChI is InChI=1S/C20H25FN2O4S2/c1-4-5-12-28-14(2)20(24)22-16-8-11-19(27-3)18(13-16)23-29(25,26)17-9-6-15(21)7-10-17/h6-11,13-14,23H,4-5,12H2,1-3H3,(H,22,24). The molecular formula is C20H25FN2O4S2. The number of unbranched alkanes of at least 4 members (excludes halogenated alkanes) is 1. The van der Waals surface area contributed by atoms with Gasteiger partial charge in [0.2, 0.25) is 5.91 Å². The van der Waals surface area contributed by atoms with E-state index in [1.807, 2.05) is 6.92 Å². The molecule has 0 fully saturated rings. The van der Waals surface area contributed by atoms with Crippen LogP contribution in [0.15, 0.2) is 47.4 Å². The fraction of sp³-hybridized carbons (Fsp3) is 0.350. The second-order valence-electron chi connectivity index (χ2n) is 6.33. The Kier molecular flexibility index (Phi) is 8.33. The van der Waals surface area contributed by atoms with Gasteiger partial charge in [-0.15, -0.1) is 11.8 Å². The monoisotopic (exact) mass is 440 g/mol. The minimum atomic E-state index is -3.95. The first-order chi connectivity index (χ1) is 13.8. The third kappa shape index (κ3) is 6.64. The van der Waals surface area contributed by atoms with E-state index in [0.717, 1.165) is 30.7 Å². The Hall–Kier alpha value is -2.26. The van der Waals surface area contributed by atoms with Crippen LogP contribution in [0.5, 0.6) is 5.75 Å². The SMILES string of the molecule is CCCCSC(C)C(=O)Nc1ccc(OC)c(NS(=O)(=O)c2ccc(F)cc2)c1. The summed E-state index contributed by atoms with van der Waals surface area (Å²) in [7, 11) is -2.54. The second kappa shape index (κ2) is 10.5. The average molecular weight is 441 g/mol. The van der Waals surface area contributed by atoms with Crippen molar-refractivity contribution >= 4 is 39.1 Å². The Labute approximate surface area is 175 Å². The van der Waals surface area contributed by atoms with Gasteiger partial charge in [-0.25, -0.2) is 12.8 Å². The molecule has 2 aromatic carbocycles. The highest BCUT2D eigenvalue weighted by molar-refractivity contribution is 8.00. The number of methoxy groups -OCH3 is 1. The van der Waals surface area contributed by atoms with Crippen LogP contribution in [0.3, 0.4) is 0 Å². The molecule has 0 aliphatic carbocycles. The second-order valence-corrected chi connectivity index (χ2v) is 9.46. The summed E-state index contributed by atoms with van der Waals surface area (Å²) in [5, 5.41) is 2.56. The van der Waals surface area contributed by atoms with Gasteiger partial charge in [-0.3, -0.25) is 9.52 Å². The van der Waals surface area contributed by atoms with E-state index in [4.69, 9.17) is 4.74 Å². The molecule has 0 saturated carbocycles. The largest absolute Gasteiger partial charge is 0.495 e. The van der Waals surface area contributed by atoms with Crippen LogP contribution >= 0.6 is 11.8 Å². The predicted octanol–water partition coefficient (Wildman–Crippen LogP) is 4.50. The van der Waals surface area contributed by atoms with Gasteiger partial charge in [-0.05, 0) is 61.6 Å². The Morgan fingerprint density at radius 3 is 2.52 bits per heavy atom. The van der Waals surface area contributed by atoms with E-state index in [1.54, 1.807) is 23.9 Å². The minimum Gasteiger partial charge on any atom is -0.495 e. The first-order valence-electron chi connectivity index (χ1n) is 9.15. The summed E-state index contributed by atoms with van der Waals surface area (Å²) in [6.07, 6.45) is 2.11. The highest BCUT2D eigenvalue weighted by atomic mass is 32.2. The molecule has 158 valence electrons. The molecule has 2 aromatic rings. The maximum atomic E-state index is 13.1. The zero-order chi connectivity index (χ0) is 21.4. The smallest absolute Gasteiger partial charge is 0.262 e. The van der Waals surface area contributed by atoms with Gasteiger partial charge in [-0.1, -0.05) is 13.3 Å². The molecule has 1 amide bonds. The average Bonchev–Trinajstić information content (AvgIpc) is 2.68. The molecule has 0 heterocycles. The Morgan fingerprint density at radius 2 is 1.90 bits per heavy atom. The van der Waals surface area contributed by atoms with Crippen LogP contribution in [-0.2, 0) is 14.8 Å². The number of amides is 1. The third-order valence-corrected chi connectivity index (χ3v) is 6.69. The van der Waals surface area contributed by atoms with Crippen molar-refractivity contribution in [3.8, 4) is 5.75 Å². The summed E-state index contributed by atoms with van der Waals surface area (Å²) >= 11 is 1.57. The van der Waals surface area contributed by atoms with Crippen molar-refractivity contribution in [2.75, 3.05) is 22.9 Å². The Balaban J connectivity index is 2.18. The summed E-state index contributed by atoms with van der Waals surface area (Å²) < 4.78 is 45.9. The molecule has 2 N–H and O–H groups in total. The number of rotatable bonds is 10. The molecule has 0 saturated heterocycles. The fourth-order valence-corrected chi connectivity index (χ4v) is 4.49. The highest BCUT2D eigenvalue weighted by Gasteiger charge is 2.18. The first kappa shape index (κ1) is 23.0. The molecule has 29 heavy (non-hydrogen) atoms. The van der Waals surface area contributed by atoms with Gasteiger partial charge >= 0.3 is 0 Å². The molecule has 9 heteroatoms. The van der Waals surface area contributed by atoms with Crippen LogP contribution in [-0.4, -0.2) is 32.4 Å². The summed E-state index contributed by atoms with van der Waals surface area (Å²) in [5.74, 6) is 0.496. The summed E-state index contributed by atoms with van der Waals surface area (Å²) in [5.41, 5.74) is 0.608. The number of carbonyl (C=O) groups excluding carboxylic acids is 1. The molecule has 0 aliphatic rings. The number of hydrogen-bond donors (Lipinski definition) is 2. The summed E-state index contributed by atoms with van der Waals surface area (Å²) in [6.45, 7) is 3.93. The van der Waals surface area contributed by atoms with Crippen molar-refractivity contribution < 1.29 is 22.3 Å². The van der Waals surface area contributed by atoms with Gasteiger partial charge in [0, 0.05) is 5.69 Å². The van der Waals surface area contributed by atoms with Crippen molar-refractivity contribution in [3.05, 3.63) is 48.3 Å². The Bertz CT molecular complexity index is 934. The van der Waals surface area contributed by atoms with Crippen LogP contribution in [0.1, 0.15) is 26.7 Å². The van der Waals surface area contributed by atoms with Crippen LogP contribution in [0.4, 0.5) is 15.8 Å². The van der Waals surface area contributed by atoms with E-state index >= 15 is 0 Å². The maximum Gasteiger partial charge on any atom is 0.262 e. The topological polar surface area (TPSA) is 84.5 Å². The number of sulfonamides is 1. The lowest BCUT2D eigenvalue weighted by molar-refractivity contribution is -0.115. The van der Waals surface area contributed by atoms with Gasteiger partial charge in [0.25, 0.3) is 10.0 Å². The van der Waals surface area contributed by atoms with Gasteiger partial charge in [0.1, 0.15) is 11.6 Å². The van der Waals surface area contributed by atoms with Gasteiger partial charge in [0.15, 0.2) is 0 Å². The number of benzene rings is 2. The number of thioether (sulfide) groups is 1. The number of halogens is 1. The first-order valence-corrected chi connectivity index (χ1v) is 11.7. The van der Waals surface area contributed by atoms with Crippen molar-refractivity contribution in [2.45, 2.75) is 36.8 Å². The van der Waals surface area contributed by atoms with E-state index in [1.165, 1.54) is 25.3 Å². The van der Waals surface area contributed by atoms with Crippen molar-refractivity contribution in [2.24, 2.45) is 0 Å². The van der Waals surface area contributed by atoms with Crippen molar-refractivity contribution in [1.82, 2.24) is 0 Å². The molecule has 0 spiro atoms. The molecule has 1 unspecified atom stereocenters. The number of hydrogen-bond acceptors (Lipinski definition) is 5. The zero-order valence-corrected chi connectivity index (χ0v) is 18.2. The van der Waals surface area contributed by atoms with Gasteiger partial charge in [-0.2, -0.15) is 0 Å². The van der Waals surface area contributed by atoms with E-state index in [0.29, 0.717) is 11.4 Å². The highest BCUT2D eigenvalue weighted by Crippen LogP contribution is 2.30. The molecule has 0 radical (unpaired) electrons. The number of nitrogens with one attached hydrogen (secondary N) is 2. The van der Waals surface area contributed by atoms with E-state index in [-0.39, 0.29) is 21.7 Å². The molecule has 1 atom stereocenters. The van der Waals surface area contributed by atoms with Gasteiger partial charge in [0.05, 0.1) is 22.9 Å². The third-order valence-electron chi connectivity index (χ3n) is 4.07. The summed E-state index contributed by atoms with van der Waals surface area (Å²) in [4.78, 5) is 12.3. The molecule has 0 aromatic heterocycles. The molecule has 0 aliphatic heterocycles. The van der Waals surface area contributed by atoms with Crippen molar-refractivity contribution in [3.63, 3.8) is 0 Å². The number of ether oxygens (including phenoxy) is 1. The lowest BCUT2D eigenvalue weighted by atomic mass is 10.2. The van der Waals surface area contributed by atoms with Gasteiger partial charge < -0.3 is 10.1 Å². The number of anilines is 2. The minimum absolute atomic E-state index is 0.0867. The van der Waals surface area contributed by atoms with Crippen molar-refractivity contribution in [1.29, 1.82) is 0 Å². The lowest BCUT2D eigenvalue weighted by Gasteiger charge is -2.15. The Morgan fingerprint density at radius 1 is 1.21 bits per heavy atom. The molecule has 2 rings (SSSR count). The van der Waals surface area contributed by atoms with Crippen LogP contribution in [0.2, 0.25) is 0 Å². The van der Waals surface area contributed by atoms with E-state index in [2.05, 4.69) is 17.0 Å². The molecular weight excluding hydrogens is 415 g/mol. The fourth-order valence-electron chi connectivity index (χ4n) is 2.41. The molecule has 6 nitrogen and oxygen atoms in total. The number of carbonyl (C=O) groups is 1. The normalized spacial score (nSPS) is 12.3. The van der Waals surface area contributed by atoms with Crippen LogP contribution < -0.4 is 14.8 Å². The maximum absolute atomic E-state index is 13.1. The summed E-state index contributed by atoms with van der Waals surface area (Å²) in [6, 6.07) is 9.17. The zero-order valence-electron chi connectivity index (χ0n) is 16.6. The van der Waals surface area contributed by atoms with E-state index in [9.17, 15) is 17.6 Å².